The van der Waals surface area contributed by atoms with Gasteiger partial charge in [-0.05, 0) is 51.4 Å². The van der Waals surface area contributed by atoms with Crippen molar-refractivity contribution in [2.45, 2.75) is 206 Å². The molecular formula is C44H81O10P. The Balaban J connectivity index is 4.33. The molecular weight excluding hydrogens is 719 g/mol. The molecule has 3 atom stereocenters. The molecule has 0 aromatic carbocycles. The second-order valence-corrected chi connectivity index (χ2v) is 16.2. The Kier molecular flexibility index (Phi) is 39.1. The zero-order chi connectivity index (χ0) is 40.5. The number of phosphoric acid groups is 1. The molecule has 3 N–H and O–H groups in total. The predicted molar refractivity (Wildman–Crippen MR) is 224 cm³/mol. The number of unbranched alkanes of at least 4 members (excludes halogenated alkanes) is 21. The Morgan fingerprint density at radius 3 is 1.45 bits per heavy atom. The van der Waals surface area contributed by atoms with Crippen molar-refractivity contribution in [1.82, 2.24) is 0 Å². The summed E-state index contributed by atoms with van der Waals surface area (Å²) in [7, 11) is -4.62. The summed E-state index contributed by atoms with van der Waals surface area (Å²) in [6.45, 7) is 2.34. The SMILES string of the molecule is CCCCC/C=C/C/C=C/C/C=C/CCCCCCC(=O)O[C@H](COC(=O)CCCCCCCCCCCCCCCCC)COP(=O)(O)OC[C@@H](O)CO. The van der Waals surface area contributed by atoms with Crippen molar-refractivity contribution >= 4 is 19.8 Å². The van der Waals surface area contributed by atoms with Crippen LogP contribution in [0.5, 0.6) is 0 Å². The van der Waals surface area contributed by atoms with Crippen LogP contribution in [-0.2, 0) is 32.7 Å². The van der Waals surface area contributed by atoms with E-state index in [1.54, 1.807) is 0 Å². The lowest BCUT2D eigenvalue weighted by atomic mass is 10.0. The number of phosphoric ester groups is 1. The molecule has 0 radical (unpaired) electrons. The van der Waals surface area contributed by atoms with Crippen LogP contribution in [0, 0.1) is 0 Å². The van der Waals surface area contributed by atoms with E-state index in [9.17, 15) is 24.2 Å². The monoisotopic (exact) mass is 801 g/mol. The van der Waals surface area contributed by atoms with Gasteiger partial charge < -0.3 is 24.6 Å². The van der Waals surface area contributed by atoms with E-state index < -0.39 is 51.8 Å². The van der Waals surface area contributed by atoms with Gasteiger partial charge in [-0.1, -0.05) is 166 Å². The number of hydrogen-bond acceptors (Lipinski definition) is 9. The normalized spacial score (nSPS) is 14.2. The Hall–Kier alpha value is -1.81. The third-order valence-electron chi connectivity index (χ3n) is 9.30. The first-order valence-corrected chi connectivity index (χ1v) is 23.4. The summed E-state index contributed by atoms with van der Waals surface area (Å²) in [5, 5.41) is 18.3. The standard InChI is InChI=1S/C44H81O10P/c1-3-5-7-9-11-13-15-17-19-20-22-24-26-28-30-32-34-36-44(48)54-42(40-53-55(49,50)52-38-41(46)37-45)39-51-43(47)35-33-31-29-27-25-23-21-18-16-14-12-10-8-6-4-2/h11,13,17,19,22,24,41-42,45-46H,3-10,12,14-16,18,20-21,23,25-40H2,1-2H3,(H,49,50)/b13-11+,19-17+,24-22+/t41-,42+/m0/s1. The fourth-order valence-corrected chi connectivity index (χ4v) is 6.67. The molecule has 0 aromatic heterocycles. The van der Waals surface area contributed by atoms with Gasteiger partial charge in [-0.15, -0.1) is 0 Å². The first kappa shape index (κ1) is 53.2. The van der Waals surface area contributed by atoms with Crippen LogP contribution in [0.25, 0.3) is 0 Å². The Morgan fingerprint density at radius 1 is 0.545 bits per heavy atom. The van der Waals surface area contributed by atoms with Gasteiger partial charge >= 0.3 is 19.8 Å². The number of allylic oxidation sites excluding steroid dienone is 6. The van der Waals surface area contributed by atoms with Gasteiger partial charge in [-0.25, -0.2) is 4.57 Å². The molecule has 0 rings (SSSR count). The highest BCUT2D eigenvalue weighted by Crippen LogP contribution is 2.43. The van der Waals surface area contributed by atoms with E-state index in [0.717, 1.165) is 57.8 Å². The van der Waals surface area contributed by atoms with Gasteiger partial charge in [-0.2, -0.15) is 0 Å². The van der Waals surface area contributed by atoms with E-state index >= 15 is 0 Å². The molecule has 1 unspecified atom stereocenters. The molecule has 0 bridgehead atoms. The average Bonchev–Trinajstić information content (AvgIpc) is 3.17. The first-order valence-electron chi connectivity index (χ1n) is 21.9. The Morgan fingerprint density at radius 2 is 0.945 bits per heavy atom. The van der Waals surface area contributed by atoms with Crippen molar-refractivity contribution < 1.29 is 47.8 Å². The topological polar surface area (TPSA) is 149 Å². The van der Waals surface area contributed by atoms with Gasteiger partial charge in [0.25, 0.3) is 0 Å². The Bertz CT molecular complexity index is 1010. The maximum absolute atomic E-state index is 12.6. The second kappa shape index (κ2) is 40.4. The third-order valence-corrected chi connectivity index (χ3v) is 10.2. The number of hydrogen-bond donors (Lipinski definition) is 3. The van der Waals surface area contributed by atoms with E-state index in [-0.39, 0.29) is 19.4 Å². The fraction of sp³-hybridized carbons (Fsp3) is 0.818. The van der Waals surface area contributed by atoms with Crippen LogP contribution < -0.4 is 0 Å². The van der Waals surface area contributed by atoms with Gasteiger partial charge in [0.05, 0.1) is 19.8 Å². The van der Waals surface area contributed by atoms with Crippen LogP contribution >= 0.6 is 7.82 Å². The lowest BCUT2D eigenvalue weighted by Crippen LogP contribution is -2.29. The quantitative estimate of drug-likeness (QED) is 0.0236. The number of rotatable bonds is 41. The molecule has 0 aliphatic rings. The van der Waals surface area contributed by atoms with Gasteiger partial charge in [0, 0.05) is 12.8 Å². The zero-order valence-electron chi connectivity index (χ0n) is 34.9. The smallest absolute Gasteiger partial charge is 0.462 e. The molecule has 0 aromatic rings. The van der Waals surface area contributed by atoms with Gasteiger partial charge in [0.15, 0.2) is 6.10 Å². The lowest BCUT2D eigenvalue weighted by Gasteiger charge is -2.20. The van der Waals surface area contributed by atoms with E-state index in [1.165, 1.54) is 96.3 Å². The number of aliphatic hydroxyl groups excluding tert-OH is 2. The predicted octanol–water partition coefficient (Wildman–Crippen LogP) is 11.6. The first-order chi connectivity index (χ1) is 26.7. The highest BCUT2D eigenvalue weighted by Gasteiger charge is 2.27. The molecule has 0 heterocycles. The molecule has 0 aliphatic carbocycles. The maximum atomic E-state index is 12.6. The van der Waals surface area contributed by atoms with E-state index in [4.69, 9.17) is 19.1 Å². The minimum absolute atomic E-state index is 0.160. The van der Waals surface area contributed by atoms with Crippen molar-refractivity contribution in [3.63, 3.8) is 0 Å². The summed E-state index contributed by atoms with van der Waals surface area (Å²) in [6, 6.07) is 0. The highest BCUT2D eigenvalue weighted by molar-refractivity contribution is 7.47. The third kappa shape index (κ3) is 40.2. The molecule has 0 saturated carbocycles. The van der Waals surface area contributed by atoms with Crippen molar-refractivity contribution in [3.05, 3.63) is 36.5 Å². The van der Waals surface area contributed by atoms with Crippen LogP contribution in [0.3, 0.4) is 0 Å². The summed E-state index contributed by atoms with van der Waals surface area (Å²) in [5.74, 6) is -0.945. The van der Waals surface area contributed by atoms with E-state index in [2.05, 4.69) is 54.8 Å². The van der Waals surface area contributed by atoms with Gasteiger partial charge in [-0.3, -0.25) is 18.6 Å². The van der Waals surface area contributed by atoms with Crippen LogP contribution in [0.15, 0.2) is 36.5 Å². The van der Waals surface area contributed by atoms with Crippen LogP contribution in [0.2, 0.25) is 0 Å². The molecule has 0 saturated heterocycles. The number of carbonyl (C=O) groups excluding carboxylic acids is 2. The minimum Gasteiger partial charge on any atom is -0.462 e. The van der Waals surface area contributed by atoms with Gasteiger partial charge in [0.2, 0.25) is 0 Å². The summed E-state index contributed by atoms with van der Waals surface area (Å²) >= 11 is 0. The fourth-order valence-electron chi connectivity index (χ4n) is 5.88. The molecule has 0 amide bonds. The molecule has 0 aliphatic heterocycles. The lowest BCUT2D eigenvalue weighted by molar-refractivity contribution is -0.161. The van der Waals surface area contributed by atoms with Crippen LogP contribution in [0.4, 0.5) is 0 Å². The van der Waals surface area contributed by atoms with Crippen molar-refractivity contribution in [3.8, 4) is 0 Å². The van der Waals surface area contributed by atoms with Crippen molar-refractivity contribution in [2.24, 2.45) is 0 Å². The number of aliphatic hydroxyl groups is 2. The molecule has 322 valence electrons. The molecule has 10 nitrogen and oxygen atoms in total. The van der Waals surface area contributed by atoms with Crippen LogP contribution in [0.1, 0.15) is 194 Å². The summed E-state index contributed by atoms with van der Waals surface area (Å²) in [5.41, 5.74) is 0. The summed E-state index contributed by atoms with van der Waals surface area (Å²) in [6.07, 6.45) is 41.0. The largest absolute Gasteiger partial charge is 0.472 e. The van der Waals surface area contributed by atoms with E-state index in [0.29, 0.717) is 12.8 Å². The molecule has 0 spiro atoms. The van der Waals surface area contributed by atoms with Crippen molar-refractivity contribution in [2.75, 3.05) is 26.4 Å². The summed E-state index contributed by atoms with van der Waals surface area (Å²) < 4.78 is 32.7. The number of esters is 2. The average molecular weight is 801 g/mol. The number of ether oxygens (including phenoxy) is 2. The summed E-state index contributed by atoms with van der Waals surface area (Å²) in [4.78, 5) is 35.0. The van der Waals surface area contributed by atoms with Crippen LogP contribution in [-0.4, -0.2) is 65.7 Å². The highest BCUT2D eigenvalue weighted by atomic mass is 31.2. The minimum atomic E-state index is -4.62. The number of carbonyl (C=O) groups is 2. The molecule has 0 fully saturated rings. The molecule has 11 heteroatoms. The van der Waals surface area contributed by atoms with Crippen molar-refractivity contribution in [1.29, 1.82) is 0 Å². The molecule has 55 heavy (non-hydrogen) atoms. The van der Waals surface area contributed by atoms with Gasteiger partial charge in [0.1, 0.15) is 12.7 Å². The zero-order valence-corrected chi connectivity index (χ0v) is 35.8. The van der Waals surface area contributed by atoms with E-state index in [1.807, 2.05) is 0 Å². The maximum Gasteiger partial charge on any atom is 0.472 e. The second-order valence-electron chi connectivity index (χ2n) is 14.7. The Labute approximate surface area is 335 Å².